The number of aliphatic hydroxyl groups is 1. The normalized spacial score (nSPS) is 20.5. The fraction of sp³-hybridized carbons (Fsp3) is 0.368. The molecule has 2 aromatic rings. The van der Waals surface area contributed by atoms with Crippen LogP contribution in [0.4, 0.5) is 0 Å². The summed E-state index contributed by atoms with van der Waals surface area (Å²) in [4.78, 5) is 16.9. The second kappa shape index (κ2) is 7.42. The van der Waals surface area contributed by atoms with Crippen molar-refractivity contribution >= 4 is 17.5 Å². The van der Waals surface area contributed by atoms with E-state index in [1.54, 1.807) is 31.5 Å². The summed E-state index contributed by atoms with van der Waals surface area (Å²) in [6, 6.07) is 8.71. The van der Waals surface area contributed by atoms with Crippen molar-refractivity contribution in [3.05, 3.63) is 58.2 Å². The van der Waals surface area contributed by atoms with Crippen LogP contribution in [0.15, 0.2) is 36.5 Å². The predicted octanol–water partition coefficient (Wildman–Crippen LogP) is 3.29. The fourth-order valence-corrected chi connectivity index (χ4v) is 3.21. The molecule has 1 aromatic carbocycles. The number of hydrogen-bond donors (Lipinski definition) is 2. The summed E-state index contributed by atoms with van der Waals surface area (Å²) in [6.45, 7) is 1.89. The molecule has 2 N–H and O–H groups in total. The molecule has 1 heterocycles. The first-order valence-electron chi connectivity index (χ1n) is 8.23. The average molecular weight is 361 g/mol. The van der Waals surface area contributed by atoms with E-state index in [4.69, 9.17) is 16.3 Å². The highest BCUT2D eigenvalue weighted by molar-refractivity contribution is 6.31. The molecule has 1 amide bonds. The first-order valence-corrected chi connectivity index (χ1v) is 8.60. The van der Waals surface area contributed by atoms with Gasteiger partial charge in [0, 0.05) is 22.8 Å². The summed E-state index contributed by atoms with van der Waals surface area (Å²) in [5, 5.41) is 13.3. The zero-order valence-corrected chi connectivity index (χ0v) is 15.0. The largest absolute Gasteiger partial charge is 0.481 e. The molecule has 5 nitrogen and oxygen atoms in total. The molecule has 0 aliphatic heterocycles. The molecule has 132 valence electrons. The Kier molecular flexibility index (Phi) is 5.25. The van der Waals surface area contributed by atoms with Gasteiger partial charge >= 0.3 is 0 Å². The number of aryl methyl sites for hydroxylation is 1. The van der Waals surface area contributed by atoms with Gasteiger partial charge in [-0.3, -0.25) is 4.79 Å². The van der Waals surface area contributed by atoms with Gasteiger partial charge in [-0.25, -0.2) is 4.98 Å². The number of benzene rings is 1. The van der Waals surface area contributed by atoms with Crippen LogP contribution in [0.2, 0.25) is 5.02 Å². The van der Waals surface area contributed by atoms with E-state index < -0.39 is 0 Å². The SMILES string of the molecule is COc1ccc([C@H](NC(=O)c2ccc(C)c(Cl)c2)C2CC(O)C2)cn1. The summed E-state index contributed by atoms with van der Waals surface area (Å²) >= 11 is 6.13. The van der Waals surface area contributed by atoms with Crippen molar-refractivity contribution in [1.82, 2.24) is 10.3 Å². The van der Waals surface area contributed by atoms with Crippen LogP contribution in [-0.2, 0) is 0 Å². The van der Waals surface area contributed by atoms with Gasteiger partial charge in [-0.1, -0.05) is 23.7 Å². The highest BCUT2D eigenvalue weighted by Gasteiger charge is 2.36. The molecule has 3 rings (SSSR count). The molecule has 0 saturated heterocycles. The molecule has 1 saturated carbocycles. The number of pyridine rings is 1. The number of halogens is 1. The minimum atomic E-state index is -0.301. The van der Waals surface area contributed by atoms with Crippen molar-refractivity contribution in [3.8, 4) is 5.88 Å². The fourth-order valence-electron chi connectivity index (χ4n) is 3.03. The Morgan fingerprint density at radius 3 is 2.68 bits per heavy atom. The van der Waals surface area contributed by atoms with E-state index in [0.29, 0.717) is 29.3 Å². The number of aromatic nitrogens is 1. The third-order valence-corrected chi connectivity index (χ3v) is 5.08. The third kappa shape index (κ3) is 3.94. The van der Waals surface area contributed by atoms with E-state index in [9.17, 15) is 9.90 Å². The van der Waals surface area contributed by atoms with Crippen LogP contribution < -0.4 is 10.1 Å². The summed E-state index contributed by atoms with van der Waals surface area (Å²) in [6.07, 6.45) is 2.72. The molecule has 25 heavy (non-hydrogen) atoms. The zero-order valence-electron chi connectivity index (χ0n) is 14.2. The van der Waals surface area contributed by atoms with Crippen LogP contribution in [0.5, 0.6) is 5.88 Å². The zero-order chi connectivity index (χ0) is 18.0. The average Bonchev–Trinajstić information content (AvgIpc) is 2.59. The van der Waals surface area contributed by atoms with Crippen molar-refractivity contribution < 1.29 is 14.6 Å². The van der Waals surface area contributed by atoms with Crippen molar-refractivity contribution in [2.45, 2.75) is 31.9 Å². The van der Waals surface area contributed by atoms with E-state index in [-0.39, 0.29) is 24.0 Å². The standard InChI is InChI=1S/C19H21ClN2O3/c1-11-3-4-12(9-16(11)20)19(24)22-18(14-7-15(23)8-14)13-5-6-17(25-2)21-10-13/h3-6,9-10,14-15,18,23H,7-8H2,1-2H3,(H,22,24)/t14?,15?,18-/m0/s1. The number of ether oxygens (including phenoxy) is 1. The van der Waals surface area contributed by atoms with Crippen molar-refractivity contribution in [2.75, 3.05) is 7.11 Å². The van der Waals surface area contributed by atoms with Gasteiger partial charge in [0.15, 0.2) is 0 Å². The lowest BCUT2D eigenvalue weighted by molar-refractivity contribution is 0.0234. The molecule has 6 heteroatoms. The van der Waals surface area contributed by atoms with Gasteiger partial charge < -0.3 is 15.2 Å². The van der Waals surface area contributed by atoms with Gasteiger partial charge in [0.2, 0.25) is 5.88 Å². The molecular formula is C19H21ClN2O3. The van der Waals surface area contributed by atoms with Gasteiger partial charge in [0.05, 0.1) is 19.3 Å². The van der Waals surface area contributed by atoms with Crippen LogP contribution >= 0.6 is 11.6 Å². The molecule has 0 radical (unpaired) electrons. The number of carbonyl (C=O) groups is 1. The summed E-state index contributed by atoms with van der Waals surface area (Å²) in [5.74, 6) is 0.506. The number of carbonyl (C=O) groups excluding carboxylic acids is 1. The van der Waals surface area contributed by atoms with E-state index in [1.807, 2.05) is 19.1 Å². The first-order chi connectivity index (χ1) is 12.0. The molecular weight excluding hydrogens is 340 g/mol. The second-order valence-electron chi connectivity index (χ2n) is 6.43. The monoisotopic (exact) mass is 360 g/mol. The molecule has 1 aliphatic rings. The molecule has 1 atom stereocenters. The van der Waals surface area contributed by atoms with Gasteiger partial charge in [-0.15, -0.1) is 0 Å². The van der Waals surface area contributed by atoms with E-state index in [0.717, 1.165) is 11.1 Å². The van der Waals surface area contributed by atoms with Gasteiger partial charge in [-0.05, 0) is 48.9 Å². The highest BCUT2D eigenvalue weighted by Crippen LogP contribution is 2.38. The quantitative estimate of drug-likeness (QED) is 0.858. The van der Waals surface area contributed by atoms with Crippen molar-refractivity contribution in [2.24, 2.45) is 5.92 Å². The van der Waals surface area contributed by atoms with Crippen molar-refractivity contribution in [3.63, 3.8) is 0 Å². The Labute approximate surface area is 152 Å². The minimum absolute atomic E-state index is 0.176. The van der Waals surface area contributed by atoms with E-state index in [2.05, 4.69) is 10.3 Å². The van der Waals surface area contributed by atoms with Gasteiger partial charge in [-0.2, -0.15) is 0 Å². The number of rotatable bonds is 5. The Balaban J connectivity index is 1.81. The summed E-state index contributed by atoms with van der Waals surface area (Å²) in [5.41, 5.74) is 2.34. The lowest BCUT2D eigenvalue weighted by Crippen LogP contribution is -2.41. The lowest BCUT2D eigenvalue weighted by atomic mass is 9.75. The highest BCUT2D eigenvalue weighted by atomic mass is 35.5. The molecule has 1 aliphatic carbocycles. The number of nitrogens with zero attached hydrogens (tertiary/aromatic N) is 1. The Morgan fingerprint density at radius 2 is 2.12 bits per heavy atom. The summed E-state index contributed by atoms with van der Waals surface area (Å²) in [7, 11) is 1.56. The topological polar surface area (TPSA) is 71.5 Å². The molecule has 0 spiro atoms. The molecule has 1 fully saturated rings. The number of methoxy groups -OCH3 is 1. The minimum Gasteiger partial charge on any atom is -0.481 e. The second-order valence-corrected chi connectivity index (χ2v) is 6.84. The Hall–Kier alpha value is -2.11. The number of aliphatic hydroxyl groups excluding tert-OH is 1. The van der Waals surface area contributed by atoms with Crippen LogP contribution in [-0.4, -0.2) is 29.2 Å². The maximum atomic E-state index is 12.7. The third-order valence-electron chi connectivity index (χ3n) is 4.67. The van der Waals surface area contributed by atoms with Crippen LogP contribution in [0, 0.1) is 12.8 Å². The van der Waals surface area contributed by atoms with Crippen LogP contribution in [0.1, 0.15) is 40.4 Å². The number of nitrogens with one attached hydrogen (secondary N) is 1. The predicted molar refractivity (Wildman–Crippen MR) is 95.9 cm³/mol. The van der Waals surface area contributed by atoms with Crippen LogP contribution in [0.25, 0.3) is 0 Å². The van der Waals surface area contributed by atoms with Gasteiger partial charge in [0.25, 0.3) is 5.91 Å². The van der Waals surface area contributed by atoms with Gasteiger partial charge in [0.1, 0.15) is 0 Å². The molecule has 0 unspecified atom stereocenters. The van der Waals surface area contributed by atoms with E-state index in [1.165, 1.54) is 0 Å². The maximum Gasteiger partial charge on any atom is 0.251 e. The smallest absolute Gasteiger partial charge is 0.251 e. The molecule has 1 aromatic heterocycles. The molecule has 0 bridgehead atoms. The summed E-state index contributed by atoms with van der Waals surface area (Å²) < 4.78 is 5.09. The maximum absolute atomic E-state index is 12.7. The number of hydrogen-bond acceptors (Lipinski definition) is 4. The van der Waals surface area contributed by atoms with E-state index >= 15 is 0 Å². The van der Waals surface area contributed by atoms with Crippen LogP contribution in [0.3, 0.4) is 0 Å². The number of amides is 1. The Bertz CT molecular complexity index is 758. The van der Waals surface area contributed by atoms with Crippen molar-refractivity contribution in [1.29, 1.82) is 0 Å². The lowest BCUT2D eigenvalue weighted by Gasteiger charge is -2.38. The Morgan fingerprint density at radius 1 is 1.36 bits per heavy atom. The first kappa shape index (κ1) is 17.7.